The predicted molar refractivity (Wildman–Crippen MR) is 92.7 cm³/mol. The second-order valence-corrected chi connectivity index (χ2v) is 7.07. The van der Waals surface area contributed by atoms with Crippen molar-refractivity contribution in [2.75, 3.05) is 38.5 Å². The number of piperazine rings is 1. The summed E-state index contributed by atoms with van der Waals surface area (Å²) in [6, 6.07) is 5.31. The number of carbonyl (C=O) groups is 2. The Bertz CT molecular complexity index is 608. The van der Waals surface area contributed by atoms with E-state index in [0.29, 0.717) is 23.8 Å². The van der Waals surface area contributed by atoms with Crippen molar-refractivity contribution in [3.8, 4) is 0 Å². The number of amides is 2. The molecule has 1 aromatic carbocycles. The molecular formula is C17H24ClN3O2. The number of anilines is 1. The summed E-state index contributed by atoms with van der Waals surface area (Å²) in [5.41, 5.74) is 0.428. The Balaban J connectivity index is 2.10. The van der Waals surface area contributed by atoms with E-state index in [0.717, 1.165) is 18.7 Å². The van der Waals surface area contributed by atoms with Crippen molar-refractivity contribution in [2.45, 2.75) is 20.8 Å². The zero-order valence-corrected chi connectivity index (χ0v) is 14.9. The average molecular weight is 338 g/mol. The van der Waals surface area contributed by atoms with Crippen molar-refractivity contribution in [3.63, 3.8) is 0 Å². The monoisotopic (exact) mass is 337 g/mol. The van der Waals surface area contributed by atoms with Gasteiger partial charge in [-0.1, -0.05) is 17.7 Å². The van der Waals surface area contributed by atoms with Crippen LogP contribution in [-0.2, 0) is 9.59 Å². The van der Waals surface area contributed by atoms with Gasteiger partial charge in [-0.25, -0.2) is 0 Å². The number of carbonyl (C=O) groups excluding carboxylic acids is 2. The number of likely N-dealkylation sites (N-methyl/N-ethyl adjacent to an activating group) is 1. The Morgan fingerprint density at radius 2 is 1.78 bits per heavy atom. The molecule has 5 nitrogen and oxygen atoms in total. The maximum absolute atomic E-state index is 12.7. The third kappa shape index (κ3) is 4.03. The molecule has 126 valence electrons. The fraction of sp³-hybridized carbons (Fsp3) is 0.529. The molecule has 1 aliphatic heterocycles. The zero-order valence-electron chi connectivity index (χ0n) is 14.1. The number of hydrogen-bond donors (Lipinski definition) is 1. The molecule has 0 radical (unpaired) electrons. The molecule has 0 saturated carbocycles. The maximum Gasteiger partial charge on any atom is 0.239 e. The van der Waals surface area contributed by atoms with E-state index in [1.807, 2.05) is 20.0 Å². The van der Waals surface area contributed by atoms with Gasteiger partial charge in [0.15, 0.2) is 0 Å². The molecule has 0 aliphatic carbocycles. The predicted octanol–water partition coefficient (Wildman–Crippen LogP) is 2.39. The first-order valence-corrected chi connectivity index (χ1v) is 8.15. The van der Waals surface area contributed by atoms with Gasteiger partial charge in [0.25, 0.3) is 0 Å². The molecule has 23 heavy (non-hydrogen) atoms. The van der Waals surface area contributed by atoms with E-state index in [1.165, 1.54) is 0 Å². The molecule has 0 spiro atoms. The third-order valence-electron chi connectivity index (χ3n) is 4.34. The number of hydrogen-bond acceptors (Lipinski definition) is 3. The Morgan fingerprint density at radius 3 is 2.39 bits per heavy atom. The van der Waals surface area contributed by atoms with Crippen molar-refractivity contribution >= 4 is 29.1 Å². The number of nitrogens with zero attached hydrogens (tertiary/aromatic N) is 2. The van der Waals surface area contributed by atoms with Crippen molar-refractivity contribution in [2.24, 2.45) is 5.41 Å². The third-order valence-corrected chi connectivity index (χ3v) is 4.58. The van der Waals surface area contributed by atoms with Crippen LogP contribution in [0.3, 0.4) is 0 Å². The van der Waals surface area contributed by atoms with Gasteiger partial charge in [0.05, 0.1) is 0 Å². The molecule has 0 atom stereocenters. The van der Waals surface area contributed by atoms with Crippen LogP contribution in [0.2, 0.25) is 5.02 Å². The molecule has 6 heteroatoms. The molecule has 0 unspecified atom stereocenters. The SMILES string of the molecule is Cc1ccc(Cl)cc1NC(=O)C(C)(C)C(=O)N1CCN(C)CC1. The summed E-state index contributed by atoms with van der Waals surface area (Å²) in [7, 11) is 2.03. The lowest BCUT2D eigenvalue weighted by Gasteiger charge is -2.36. The summed E-state index contributed by atoms with van der Waals surface area (Å²) in [4.78, 5) is 29.3. The first-order valence-electron chi connectivity index (χ1n) is 7.77. The van der Waals surface area contributed by atoms with Gasteiger partial charge in [0, 0.05) is 36.9 Å². The summed E-state index contributed by atoms with van der Waals surface area (Å²) in [6.45, 7) is 8.20. The van der Waals surface area contributed by atoms with Crippen molar-refractivity contribution in [1.29, 1.82) is 0 Å². The summed E-state index contributed by atoms with van der Waals surface area (Å²) in [5.74, 6) is -0.449. The first kappa shape index (κ1) is 17.8. The summed E-state index contributed by atoms with van der Waals surface area (Å²) in [5, 5.41) is 3.39. The number of rotatable bonds is 3. The van der Waals surface area contributed by atoms with Gasteiger partial charge in [-0.05, 0) is 45.5 Å². The highest BCUT2D eigenvalue weighted by Gasteiger charge is 2.40. The van der Waals surface area contributed by atoms with Crippen molar-refractivity contribution in [3.05, 3.63) is 28.8 Å². The standard InChI is InChI=1S/C17H24ClN3O2/c1-12-5-6-13(18)11-14(12)19-15(22)17(2,3)16(23)21-9-7-20(4)8-10-21/h5-6,11H,7-10H2,1-4H3,(H,19,22). The largest absolute Gasteiger partial charge is 0.339 e. The molecule has 2 amide bonds. The van der Waals surface area contributed by atoms with E-state index in [4.69, 9.17) is 11.6 Å². The molecule has 1 heterocycles. The molecule has 2 rings (SSSR count). The molecule has 1 N–H and O–H groups in total. The second kappa shape index (κ2) is 6.89. The Hall–Kier alpha value is -1.59. The van der Waals surface area contributed by atoms with E-state index in [2.05, 4.69) is 10.2 Å². The molecule has 1 fully saturated rings. The number of halogens is 1. The molecule has 1 saturated heterocycles. The highest BCUT2D eigenvalue weighted by Crippen LogP contribution is 2.25. The van der Waals surface area contributed by atoms with E-state index in [1.54, 1.807) is 30.9 Å². The van der Waals surface area contributed by atoms with Gasteiger partial charge in [-0.2, -0.15) is 0 Å². The van der Waals surface area contributed by atoms with Crippen LogP contribution in [0, 0.1) is 12.3 Å². The lowest BCUT2D eigenvalue weighted by molar-refractivity contribution is -0.147. The number of benzene rings is 1. The highest BCUT2D eigenvalue weighted by atomic mass is 35.5. The zero-order chi connectivity index (χ0) is 17.2. The minimum absolute atomic E-state index is 0.136. The van der Waals surface area contributed by atoms with Crippen LogP contribution in [0.1, 0.15) is 19.4 Å². The number of aryl methyl sites for hydroxylation is 1. The summed E-state index contributed by atoms with van der Waals surface area (Å²) >= 11 is 5.98. The van der Waals surface area contributed by atoms with Crippen LogP contribution in [-0.4, -0.2) is 54.8 Å². The Labute approximate surface area is 142 Å². The smallest absolute Gasteiger partial charge is 0.239 e. The van der Waals surface area contributed by atoms with E-state index < -0.39 is 5.41 Å². The van der Waals surface area contributed by atoms with Crippen LogP contribution in [0.4, 0.5) is 5.69 Å². The molecule has 0 aromatic heterocycles. The minimum Gasteiger partial charge on any atom is -0.339 e. The normalized spacial score (nSPS) is 16.3. The average Bonchev–Trinajstić information content (AvgIpc) is 2.50. The van der Waals surface area contributed by atoms with Crippen LogP contribution >= 0.6 is 11.6 Å². The molecule has 1 aliphatic rings. The van der Waals surface area contributed by atoms with Crippen molar-refractivity contribution in [1.82, 2.24) is 9.80 Å². The Morgan fingerprint density at radius 1 is 1.17 bits per heavy atom. The quantitative estimate of drug-likeness (QED) is 0.862. The van der Waals surface area contributed by atoms with E-state index >= 15 is 0 Å². The van der Waals surface area contributed by atoms with E-state index in [-0.39, 0.29) is 11.8 Å². The molecule has 0 bridgehead atoms. The van der Waals surface area contributed by atoms with Gasteiger partial charge < -0.3 is 15.1 Å². The maximum atomic E-state index is 12.7. The van der Waals surface area contributed by atoms with Gasteiger partial charge in [-0.3, -0.25) is 9.59 Å². The summed E-state index contributed by atoms with van der Waals surface area (Å²) < 4.78 is 0. The van der Waals surface area contributed by atoms with Crippen molar-refractivity contribution < 1.29 is 9.59 Å². The topological polar surface area (TPSA) is 52.7 Å². The van der Waals surface area contributed by atoms with Gasteiger partial charge in [0.2, 0.25) is 11.8 Å². The molecular weight excluding hydrogens is 314 g/mol. The van der Waals surface area contributed by atoms with Gasteiger partial charge in [-0.15, -0.1) is 0 Å². The second-order valence-electron chi connectivity index (χ2n) is 6.63. The van der Waals surface area contributed by atoms with Crippen LogP contribution in [0.5, 0.6) is 0 Å². The summed E-state index contributed by atoms with van der Waals surface area (Å²) in [6.07, 6.45) is 0. The van der Waals surface area contributed by atoms with E-state index in [9.17, 15) is 9.59 Å². The minimum atomic E-state index is -1.12. The Kier molecular flexibility index (Phi) is 5.32. The lowest BCUT2D eigenvalue weighted by Crippen LogP contribution is -2.53. The van der Waals surface area contributed by atoms with Crippen LogP contribution in [0.25, 0.3) is 0 Å². The van der Waals surface area contributed by atoms with Gasteiger partial charge in [0.1, 0.15) is 5.41 Å². The number of nitrogens with one attached hydrogen (secondary N) is 1. The molecule has 1 aromatic rings. The first-order chi connectivity index (χ1) is 10.7. The lowest BCUT2D eigenvalue weighted by atomic mass is 9.89. The van der Waals surface area contributed by atoms with Crippen LogP contribution in [0.15, 0.2) is 18.2 Å². The highest BCUT2D eigenvalue weighted by molar-refractivity contribution is 6.31. The fourth-order valence-corrected chi connectivity index (χ4v) is 2.68. The van der Waals surface area contributed by atoms with Crippen LogP contribution < -0.4 is 5.32 Å². The fourth-order valence-electron chi connectivity index (χ4n) is 2.51. The van der Waals surface area contributed by atoms with Gasteiger partial charge >= 0.3 is 0 Å².